The van der Waals surface area contributed by atoms with Gasteiger partial charge in [-0.3, -0.25) is 9.71 Å². The summed E-state index contributed by atoms with van der Waals surface area (Å²) in [5, 5.41) is 14.8. The Morgan fingerprint density at radius 1 is 1.10 bits per heavy atom. The minimum absolute atomic E-state index is 0.151. The number of benzene rings is 1. The van der Waals surface area contributed by atoms with Crippen LogP contribution in [0.3, 0.4) is 0 Å². The zero-order chi connectivity index (χ0) is 21.1. The number of nitrogens with zero attached hydrogens (tertiary/aromatic N) is 5. The first-order chi connectivity index (χ1) is 14.4. The van der Waals surface area contributed by atoms with Gasteiger partial charge in [0.1, 0.15) is 6.61 Å². The van der Waals surface area contributed by atoms with Gasteiger partial charge in [0.15, 0.2) is 11.6 Å². The van der Waals surface area contributed by atoms with E-state index in [4.69, 9.17) is 4.98 Å². The van der Waals surface area contributed by atoms with Crippen molar-refractivity contribution in [3.63, 3.8) is 0 Å². The van der Waals surface area contributed by atoms with Crippen molar-refractivity contribution >= 4 is 22.9 Å². The maximum atomic E-state index is 9.33. The Bertz CT molecular complexity index is 1170. The molecule has 0 aliphatic rings. The molecule has 0 saturated carbocycles. The Morgan fingerprint density at radius 3 is 2.77 bits per heavy atom. The number of hydrogen-bond donors (Lipinski definition) is 2. The van der Waals surface area contributed by atoms with Gasteiger partial charge in [0, 0.05) is 34.5 Å². The number of aromatic nitrogens is 5. The summed E-state index contributed by atoms with van der Waals surface area (Å²) in [4.78, 5) is 13.2. The Labute approximate surface area is 179 Å². The Balaban J connectivity index is 1.64. The predicted molar refractivity (Wildman–Crippen MR) is 120 cm³/mol. The summed E-state index contributed by atoms with van der Waals surface area (Å²) in [6.45, 7) is 7.01. The molecule has 0 saturated heterocycles. The molecule has 30 heavy (non-hydrogen) atoms. The molecule has 0 amide bonds. The van der Waals surface area contributed by atoms with Crippen molar-refractivity contribution < 1.29 is 5.11 Å². The van der Waals surface area contributed by atoms with Crippen LogP contribution in [-0.2, 0) is 13.2 Å². The number of hydrogen-bond acceptors (Lipinski definition) is 7. The van der Waals surface area contributed by atoms with E-state index in [0.29, 0.717) is 18.2 Å². The molecule has 0 fully saturated rings. The molecule has 4 rings (SSSR count). The van der Waals surface area contributed by atoms with Crippen LogP contribution in [0.25, 0.3) is 28.0 Å². The minimum Gasteiger partial charge on any atom is -0.388 e. The summed E-state index contributed by atoms with van der Waals surface area (Å²) in [7, 11) is 0. The van der Waals surface area contributed by atoms with E-state index in [0.717, 1.165) is 27.9 Å². The van der Waals surface area contributed by atoms with Crippen LogP contribution in [0.5, 0.6) is 0 Å². The van der Waals surface area contributed by atoms with Gasteiger partial charge in [-0.15, -0.1) is 0 Å². The van der Waals surface area contributed by atoms with Crippen molar-refractivity contribution in [3.05, 3.63) is 66.4 Å². The van der Waals surface area contributed by atoms with E-state index in [1.54, 1.807) is 35.1 Å². The van der Waals surface area contributed by atoms with Gasteiger partial charge in [0.2, 0.25) is 0 Å². The van der Waals surface area contributed by atoms with Crippen molar-refractivity contribution in [2.75, 3.05) is 0 Å². The fourth-order valence-corrected chi connectivity index (χ4v) is 3.66. The maximum absolute atomic E-state index is 9.33. The zero-order valence-electron chi connectivity index (χ0n) is 17.2. The average Bonchev–Trinajstić information content (AvgIpc) is 3.16. The fourth-order valence-electron chi connectivity index (χ4n) is 3.01. The molecule has 1 aromatic carbocycles. The Kier molecular flexibility index (Phi) is 5.80. The molecule has 0 bridgehead atoms. The molecule has 154 valence electrons. The van der Waals surface area contributed by atoms with Crippen LogP contribution in [-0.4, -0.2) is 34.6 Å². The molecule has 3 heterocycles. The third kappa shape index (κ3) is 4.67. The highest BCUT2D eigenvalue weighted by molar-refractivity contribution is 7.98. The number of fused-ring (bicyclic) bond motifs is 1. The molecule has 0 spiro atoms. The second kappa shape index (κ2) is 8.51. The minimum atomic E-state index is -0.212. The fraction of sp³-hybridized carbons (Fsp3) is 0.273. The van der Waals surface area contributed by atoms with Crippen molar-refractivity contribution in [2.45, 2.75) is 38.7 Å². The van der Waals surface area contributed by atoms with Crippen molar-refractivity contribution in [2.24, 2.45) is 0 Å². The van der Waals surface area contributed by atoms with Gasteiger partial charge in [0.05, 0.1) is 23.1 Å². The third-order valence-corrected chi connectivity index (χ3v) is 5.26. The normalized spacial score (nSPS) is 11.9. The predicted octanol–water partition coefficient (Wildman–Crippen LogP) is 3.91. The number of aliphatic hydroxyl groups excluding tert-OH is 1. The van der Waals surface area contributed by atoms with E-state index in [1.165, 1.54) is 0 Å². The van der Waals surface area contributed by atoms with Crippen molar-refractivity contribution in [1.29, 1.82) is 0 Å². The summed E-state index contributed by atoms with van der Waals surface area (Å²) < 4.78 is 5.30. The molecule has 0 aliphatic carbocycles. The highest BCUT2D eigenvalue weighted by Crippen LogP contribution is 2.25. The second-order valence-electron chi connectivity index (χ2n) is 7.87. The molecule has 0 radical (unpaired) electrons. The molecule has 8 heteroatoms. The molecular formula is C22H24N6OS. The van der Waals surface area contributed by atoms with Crippen LogP contribution in [0.4, 0.5) is 0 Å². The first kappa shape index (κ1) is 20.5. The van der Waals surface area contributed by atoms with Crippen molar-refractivity contribution in [3.8, 4) is 17.1 Å². The maximum Gasteiger partial charge on any atom is 0.157 e. The lowest BCUT2D eigenvalue weighted by molar-refractivity contribution is 0.271. The lowest BCUT2D eigenvalue weighted by atomic mass is 10.1. The van der Waals surface area contributed by atoms with Gasteiger partial charge >= 0.3 is 0 Å². The topological polar surface area (TPSA) is 88.8 Å². The Morgan fingerprint density at radius 2 is 1.97 bits per heavy atom. The first-order valence-corrected chi connectivity index (χ1v) is 10.5. The van der Waals surface area contributed by atoms with E-state index in [2.05, 4.69) is 52.7 Å². The second-order valence-corrected chi connectivity index (χ2v) is 9.59. The van der Waals surface area contributed by atoms with E-state index >= 15 is 0 Å². The first-order valence-electron chi connectivity index (χ1n) is 9.71. The van der Waals surface area contributed by atoms with Crippen LogP contribution in [0.2, 0.25) is 0 Å². The van der Waals surface area contributed by atoms with Crippen LogP contribution < -0.4 is 4.72 Å². The highest BCUT2D eigenvalue weighted by Gasteiger charge is 2.12. The molecule has 4 aromatic rings. The van der Waals surface area contributed by atoms with Crippen molar-refractivity contribution in [1.82, 2.24) is 29.5 Å². The van der Waals surface area contributed by atoms with E-state index in [-0.39, 0.29) is 11.4 Å². The van der Waals surface area contributed by atoms with Crippen LogP contribution in [0.15, 0.2) is 54.9 Å². The number of aliphatic hydroxyl groups is 1. The average molecular weight is 421 g/mol. The summed E-state index contributed by atoms with van der Waals surface area (Å²) >= 11 is 1.70. The smallest absolute Gasteiger partial charge is 0.157 e. The summed E-state index contributed by atoms with van der Waals surface area (Å²) in [5.41, 5.74) is 3.82. The summed E-state index contributed by atoms with van der Waals surface area (Å²) in [6.07, 6.45) is 3.43. The monoisotopic (exact) mass is 420 g/mol. The van der Waals surface area contributed by atoms with E-state index < -0.39 is 0 Å². The van der Waals surface area contributed by atoms with Gasteiger partial charge in [-0.2, -0.15) is 5.10 Å². The zero-order valence-corrected chi connectivity index (χ0v) is 18.0. The molecule has 3 aromatic heterocycles. The van der Waals surface area contributed by atoms with Gasteiger partial charge in [0.25, 0.3) is 0 Å². The summed E-state index contributed by atoms with van der Waals surface area (Å²) in [5.74, 6) is 0.980. The lowest BCUT2D eigenvalue weighted by Gasteiger charge is -2.17. The highest BCUT2D eigenvalue weighted by atomic mass is 32.2. The van der Waals surface area contributed by atoms with E-state index in [9.17, 15) is 5.11 Å². The number of rotatable bonds is 6. The van der Waals surface area contributed by atoms with Gasteiger partial charge in [-0.1, -0.05) is 30.1 Å². The lowest BCUT2D eigenvalue weighted by Crippen LogP contribution is -2.17. The Hall–Kier alpha value is -2.81. The van der Waals surface area contributed by atoms with Crippen LogP contribution >= 0.6 is 11.9 Å². The van der Waals surface area contributed by atoms with Gasteiger partial charge < -0.3 is 5.11 Å². The molecule has 0 atom stereocenters. The molecule has 0 aliphatic heterocycles. The largest absolute Gasteiger partial charge is 0.388 e. The molecule has 0 unspecified atom stereocenters. The molecule has 7 nitrogen and oxygen atoms in total. The SMILES string of the molecule is CC(C)(C)SNCc1cccc(-c2ccc3cnn(-c4ccnc(CO)n4)c3c2)n1. The van der Waals surface area contributed by atoms with Crippen LogP contribution in [0.1, 0.15) is 32.3 Å². The van der Waals surface area contributed by atoms with Crippen LogP contribution in [0, 0.1) is 0 Å². The van der Waals surface area contributed by atoms with E-state index in [1.807, 2.05) is 24.3 Å². The summed E-state index contributed by atoms with van der Waals surface area (Å²) in [6, 6.07) is 14.0. The quantitative estimate of drug-likeness (QED) is 0.457. The van der Waals surface area contributed by atoms with Gasteiger partial charge in [-0.05, 0) is 39.0 Å². The molecule has 2 N–H and O–H groups in total. The molecular weight excluding hydrogens is 396 g/mol. The van der Waals surface area contributed by atoms with Gasteiger partial charge in [-0.25, -0.2) is 14.6 Å². The third-order valence-electron chi connectivity index (χ3n) is 4.35. The number of nitrogens with one attached hydrogen (secondary N) is 1. The number of pyridine rings is 1. The standard InChI is InChI=1S/C22H24N6OS/c1-22(2,3)30-25-13-17-5-4-6-18(26-17)15-7-8-16-12-24-28(19(16)11-15)21-9-10-23-20(14-29)27-21/h4-12,25,29H,13-14H2,1-3H3.